The molecule has 0 radical (unpaired) electrons. The summed E-state index contributed by atoms with van der Waals surface area (Å²) in [5, 5.41) is 14.0. The van der Waals surface area contributed by atoms with E-state index in [1.165, 1.54) is 4.90 Å². The maximum absolute atomic E-state index is 12.6. The van der Waals surface area contributed by atoms with Gasteiger partial charge < -0.3 is 19.4 Å². The van der Waals surface area contributed by atoms with Gasteiger partial charge in [0, 0.05) is 72.8 Å². The van der Waals surface area contributed by atoms with Crippen LogP contribution in [-0.4, -0.2) is 92.0 Å². The zero-order valence-corrected chi connectivity index (χ0v) is 26.9. The van der Waals surface area contributed by atoms with E-state index in [9.17, 15) is 27.6 Å². The quantitative estimate of drug-likeness (QED) is 0.234. The van der Waals surface area contributed by atoms with Crippen molar-refractivity contribution < 1.29 is 32.3 Å². The van der Waals surface area contributed by atoms with E-state index in [-0.39, 0.29) is 29.4 Å². The molecule has 1 aromatic carbocycles. The highest BCUT2D eigenvalue weighted by Crippen LogP contribution is 2.56. The van der Waals surface area contributed by atoms with Crippen molar-refractivity contribution in [2.24, 2.45) is 5.41 Å². The minimum atomic E-state index is -5.22. The number of carbonyl (C=O) groups excluding carboxylic acids is 3. The zero-order chi connectivity index (χ0) is 33.5. The Balaban J connectivity index is 1.29. The Morgan fingerprint density at radius 2 is 1.72 bits per heavy atom. The lowest BCUT2D eigenvalue weighted by atomic mass is 9.60. The number of nitrogens with one attached hydrogen (secondary N) is 1. The summed E-state index contributed by atoms with van der Waals surface area (Å²) in [7, 11) is 0. The lowest BCUT2D eigenvalue weighted by Crippen LogP contribution is -2.64. The Bertz CT molecular complexity index is 1760. The fourth-order valence-electron chi connectivity index (χ4n) is 7.44. The molecule has 1 aliphatic carbocycles. The van der Waals surface area contributed by atoms with Crippen LogP contribution in [0.3, 0.4) is 0 Å². The number of amides is 2. The van der Waals surface area contributed by atoms with E-state index in [4.69, 9.17) is 16.7 Å². The molecular weight excluding hydrogens is 627 g/mol. The maximum atomic E-state index is 12.6. The number of fused-ring (bicyclic) bond motifs is 1. The average molecular weight is 662 g/mol. The maximum Gasteiger partial charge on any atom is 0.491 e. The summed E-state index contributed by atoms with van der Waals surface area (Å²) in [4.78, 5) is 41.4. The third-order valence-electron chi connectivity index (χ3n) is 9.56. The fourth-order valence-corrected chi connectivity index (χ4v) is 7.69. The molecule has 2 saturated heterocycles. The molecule has 6 rings (SSSR count). The van der Waals surface area contributed by atoms with E-state index < -0.39 is 23.8 Å². The number of aryl methyl sites for hydroxylation is 1. The van der Waals surface area contributed by atoms with Crippen molar-refractivity contribution in [3.05, 3.63) is 40.9 Å². The molecule has 2 amide bonds. The number of H-pyrrole nitrogens is 1. The third-order valence-corrected chi connectivity index (χ3v) is 10.1. The summed E-state index contributed by atoms with van der Waals surface area (Å²) in [6.45, 7) is 14.6. The smallest absolute Gasteiger partial charge is 0.415 e. The molecule has 2 aliphatic heterocycles. The van der Waals surface area contributed by atoms with Crippen molar-refractivity contribution in [3.63, 3.8) is 0 Å². The van der Waals surface area contributed by atoms with Gasteiger partial charge in [0.15, 0.2) is 11.6 Å². The van der Waals surface area contributed by atoms with Crippen LogP contribution in [0.25, 0.3) is 22.0 Å². The van der Waals surface area contributed by atoms with Crippen LogP contribution in [0, 0.1) is 19.3 Å². The van der Waals surface area contributed by atoms with Gasteiger partial charge in [0.2, 0.25) is 5.91 Å². The van der Waals surface area contributed by atoms with Gasteiger partial charge in [0.1, 0.15) is 0 Å². The largest absolute Gasteiger partial charge is 0.491 e. The highest BCUT2D eigenvalue weighted by Gasteiger charge is 2.56. The summed E-state index contributed by atoms with van der Waals surface area (Å²) >= 11 is 7.04. The van der Waals surface area contributed by atoms with Crippen molar-refractivity contribution in [1.82, 2.24) is 29.8 Å². The molecule has 2 aromatic heterocycles. The second-order valence-corrected chi connectivity index (χ2v) is 13.4. The normalized spacial score (nSPS) is 21.4. The number of alkyl halides is 3. The Labute approximate surface area is 268 Å². The lowest BCUT2D eigenvalue weighted by Gasteiger charge is -2.58. The van der Waals surface area contributed by atoms with Gasteiger partial charge in [0.05, 0.1) is 22.8 Å². The number of carbonyl (C=O) groups is 3. The molecule has 0 bridgehead atoms. The Hall–Kier alpha value is -4.07. The minimum absolute atomic E-state index is 0.00329. The Kier molecular flexibility index (Phi) is 7.65. The molecular formula is C31H35ClF3N7O4. The van der Waals surface area contributed by atoms with Crippen molar-refractivity contribution in [1.29, 1.82) is 0 Å². The first kappa shape index (κ1) is 31.9. The van der Waals surface area contributed by atoms with Gasteiger partial charge in [-0.2, -0.15) is 23.4 Å². The number of ether oxygens (including phenoxy) is 1. The van der Waals surface area contributed by atoms with Crippen molar-refractivity contribution in [3.8, 4) is 11.1 Å². The summed E-state index contributed by atoms with van der Waals surface area (Å²) in [6.07, 6.45) is -2.07. The zero-order valence-electron chi connectivity index (χ0n) is 26.2. The molecule has 246 valence electrons. The summed E-state index contributed by atoms with van der Waals surface area (Å²) < 4.78 is 43.9. The molecule has 3 aromatic rings. The number of benzene rings is 1. The topological polar surface area (TPSA) is 117 Å². The van der Waals surface area contributed by atoms with Gasteiger partial charge in [-0.15, -0.1) is 0 Å². The number of likely N-dealkylation sites (tertiary alicyclic amines) is 1. The van der Waals surface area contributed by atoms with Crippen LogP contribution < -0.4 is 4.90 Å². The number of hydrogen-bond acceptors (Lipinski definition) is 7. The number of aromatic amines is 1. The predicted molar refractivity (Wildman–Crippen MR) is 164 cm³/mol. The number of esters is 1. The molecule has 1 spiro atoms. The lowest BCUT2D eigenvalue weighted by molar-refractivity contribution is -0.197. The van der Waals surface area contributed by atoms with E-state index >= 15 is 0 Å². The van der Waals surface area contributed by atoms with Gasteiger partial charge in [-0.1, -0.05) is 18.2 Å². The second kappa shape index (κ2) is 11.0. The SMILES string of the molecule is C=C(OC(=O)C(F)(F)F)C(=O)N1CC2(CC(n3nc(N4[C@H](C)CN(C(C)=O)C[C@@H]4C)c(-c4c(Cl)c(C)cc5[nH]ncc45)c3C)C2)C1. The van der Waals surface area contributed by atoms with E-state index in [2.05, 4.69) is 40.3 Å². The molecule has 3 aliphatic rings. The minimum Gasteiger partial charge on any atom is -0.415 e. The van der Waals surface area contributed by atoms with Crippen LogP contribution in [0.1, 0.15) is 50.9 Å². The standard InChI is InChI=1S/C31H35ClF3N7O4/c1-15-7-23-22(10-36-37-23)25(26(15)32)24-18(4)42(38-27(24)41-16(2)11-39(20(6)43)12-17(41)3)21-8-30(9-21)13-40(14-30)28(44)19(5)46-29(45)31(33,34)35/h7,10,16-17,21H,5,8-9,11-14H2,1-4,6H3,(H,36,37)/t16-,17+. The van der Waals surface area contributed by atoms with E-state index in [1.54, 1.807) is 13.1 Å². The monoisotopic (exact) mass is 661 g/mol. The molecule has 1 saturated carbocycles. The summed E-state index contributed by atoms with van der Waals surface area (Å²) in [5.74, 6) is -3.36. The van der Waals surface area contributed by atoms with E-state index in [0.29, 0.717) is 44.0 Å². The fraction of sp³-hybridized carbons (Fsp3) is 0.516. The first-order valence-corrected chi connectivity index (χ1v) is 15.4. The molecule has 2 atom stereocenters. The van der Waals surface area contributed by atoms with E-state index in [0.717, 1.165) is 39.1 Å². The number of rotatable bonds is 5. The molecule has 3 fully saturated rings. The predicted octanol–water partition coefficient (Wildman–Crippen LogP) is 4.92. The second-order valence-electron chi connectivity index (χ2n) is 13.0. The number of hydrogen-bond donors (Lipinski definition) is 1. The van der Waals surface area contributed by atoms with Gasteiger partial charge in [-0.25, -0.2) is 4.79 Å². The molecule has 11 nitrogen and oxygen atoms in total. The van der Waals surface area contributed by atoms with Gasteiger partial charge >= 0.3 is 12.1 Å². The number of aromatic nitrogens is 4. The van der Waals surface area contributed by atoms with Crippen LogP contribution in [0.15, 0.2) is 24.6 Å². The van der Waals surface area contributed by atoms with Crippen LogP contribution in [0.5, 0.6) is 0 Å². The Morgan fingerprint density at radius 3 is 2.30 bits per heavy atom. The summed E-state index contributed by atoms with van der Waals surface area (Å²) in [6, 6.07) is 1.90. The van der Waals surface area contributed by atoms with Crippen LogP contribution in [0.2, 0.25) is 5.02 Å². The molecule has 1 N–H and O–H groups in total. The number of nitrogens with zero attached hydrogens (tertiary/aromatic N) is 6. The number of halogens is 4. The van der Waals surface area contributed by atoms with Gasteiger partial charge in [-0.3, -0.25) is 19.4 Å². The molecule has 15 heteroatoms. The number of piperazine rings is 1. The van der Waals surface area contributed by atoms with Crippen LogP contribution in [0.4, 0.5) is 19.0 Å². The highest BCUT2D eigenvalue weighted by atomic mass is 35.5. The van der Waals surface area contributed by atoms with Crippen LogP contribution in [-0.2, 0) is 19.1 Å². The first-order valence-electron chi connectivity index (χ1n) is 15.0. The van der Waals surface area contributed by atoms with Crippen LogP contribution >= 0.6 is 11.6 Å². The van der Waals surface area contributed by atoms with E-state index in [1.807, 2.05) is 29.5 Å². The van der Waals surface area contributed by atoms with Crippen molar-refractivity contribution in [2.75, 3.05) is 31.1 Å². The number of anilines is 1. The van der Waals surface area contributed by atoms with Crippen molar-refractivity contribution >= 4 is 46.1 Å². The summed E-state index contributed by atoms with van der Waals surface area (Å²) in [5.41, 5.74) is 4.15. The molecule has 46 heavy (non-hydrogen) atoms. The Morgan fingerprint density at radius 1 is 1.09 bits per heavy atom. The first-order chi connectivity index (χ1) is 21.5. The highest BCUT2D eigenvalue weighted by molar-refractivity contribution is 6.36. The third kappa shape index (κ3) is 5.19. The van der Waals surface area contributed by atoms with Gasteiger partial charge in [-0.05, 0) is 52.2 Å². The average Bonchev–Trinajstić information content (AvgIpc) is 3.51. The van der Waals surface area contributed by atoms with Crippen molar-refractivity contribution in [2.45, 2.75) is 71.8 Å². The molecule has 0 unspecified atom stereocenters. The molecule has 4 heterocycles. The van der Waals surface area contributed by atoms with Gasteiger partial charge in [0.25, 0.3) is 5.91 Å².